The lowest BCUT2D eigenvalue weighted by Crippen LogP contribution is -2.38. The van der Waals surface area contributed by atoms with E-state index in [0.29, 0.717) is 19.3 Å². The van der Waals surface area contributed by atoms with E-state index in [-0.39, 0.29) is 11.6 Å². The number of hydrogen-bond acceptors (Lipinski definition) is 3. The highest BCUT2D eigenvalue weighted by Crippen LogP contribution is 2.44. The Labute approximate surface area is 176 Å². The van der Waals surface area contributed by atoms with Crippen LogP contribution < -0.4 is 0 Å². The molecule has 0 radical (unpaired) electrons. The summed E-state index contributed by atoms with van der Waals surface area (Å²) >= 11 is 0. The highest BCUT2D eigenvalue weighted by atomic mass is 19.1. The van der Waals surface area contributed by atoms with Gasteiger partial charge in [0.25, 0.3) is 0 Å². The minimum Gasteiger partial charge on any atom is -0.508 e. The lowest BCUT2D eigenvalue weighted by atomic mass is 9.67. The molecule has 2 N–H and O–H groups in total. The van der Waals surface area contributed by atoms with Crippen molar-refractivity contribution in [3.05, 3.63) is 82.9 Å². The van der Waals surface area contributed by atoms with E-state index < -0.39 is 11.5 Å². The van der Waals surface area contributed by atoms with Crippen molar-refractivity contribution >= 4 is 6.08 Å². The van der Waals surface area contributed by atoms with Gasteiger partial charge in [0.1, 0.15) is 11.6 Å². The van der Waals surface area contributed by atoms with E-state index in [1.807, 2.05) is 23.0 Å². The molecule has 3 aromatic rings. The van der Waals surface area contributed by atoms with Crippen LogP contribution in [0.2, 0.25) is 0 Å². The molecular weight excluding hydrogens is 379 g/mol. The van der Waals surface area contributed by atoms with Crippen molar-refractivity contribution in [2.45, 2.75) is 45.6 Å². The van der Waals surface area contributed by atoms with Gasteiger partial charge in [-0.25, -0.2) is 9.07 Å². The van der Waals surface area contributed by atoms with Crippen LogP contribution in [0.25, 0.3) is 11.8 Å². The zero-order valence-corrected chi connectivity index (χ0v) is 17.3. The monoisotopic (exact) mass is 406 g/mol. The molecule has 5 heteroatoms. The SMILES string of the molecule is CCC1=Cc2c(cnn2-c2ccc(F)cc2)CC1(C)[C@@H](O)CCc1ccccc1O. The molecule has 0 fully saturated rings. The maximum Gasteiger partial charge on any atom is 0.123 e. The Morgan fingerprint density at radius 2 is 1.90 bits per heavy atom. The van der Waals surface area contributed by atoms with Crippen LogP contribution in [-0.2, 0) is 12.8 Å². The number of aryl methyl sites for hydroxylation is 1. The molecule has 2 aromatic carbocycles. The molecule has 156 valence electrons. The number of phenolic OH excluding ortho intramolecular Hbond substituents is 1. The zero-order valence-electron chi connectivity index (χ0n) is 17.3. The van der Waals surface area contributed by atoms with Crippen LogP contribution in [0.15, 0.2) is 60.3 Å². The van der Waals surface area contributed by atoms with E-state index in [9.17, 15) is 14.6 Å². The van der Waals surface area contributed by atoms with Crippen LogP contribution in [0.3, 0.4) is 0 Å². The Morgan fingerprint density at radius 3 is 2.60 bits per heavy atom. The molecule has 0 aliphatic heterocycles. The number of rotatable bonds is 6. The summed E-state index contributed by atoms with van der Waals surface area (Å²) in [6.45, 7) is 4.21. The molecule has 1 aliphatic rings. The van der Waals surface area contributed by atoms with Crippen LogP contribution in [0.5, 0.6) is 5.75 Å². The number of benzene rings is 2. The van der Waals surface area contributed by atoms with Crippen molar-refractivity contribution in [1.29, 1.82) is 0 Å². The summed E-state index contributed by atoms with van der Waals surface area (Å²) in [5, 5.41) is 25.7. The zero-order chi connectivity index (χ0) is 21.3. The number of para-hydroxylation sites is 1. The number of phenols is 1. The Balaban J connectivity index is 1.60. The van der Waals surface area contributed by atoms with E-state index in [1.165, 1.54) is 17.7 Å². The van der Waals surface area contributed by atoms with Crippen molar-refractivity contribution < 1.29 is 14.6 Å². The van der Waals surface area contributed by atoms with E-state index in [4.69, 9.17) is 0 Å². The fourth-order valence-electron chi connectivity index (χ4n) is 4.48. The van der Waals surface area contributed by atoms with Crippen LogP contribution in [0.4, 0.5) is 4.39 Å². The number of aromatic hydroxyl groups is 1. The van der Waals surface area contributed by atoms with Crippen LogP contribution in [0, 0.1) is 11.2 Å². The molecule has 1 heterocycles. The number of hydrogen-bond donors (Lipinski definition) is 2. The van der Waals surface area contributed by atoms with Gasteiger partial charge in [-0.15, -0.1) is 0 Å². The molecule has 2 atom stereocenters. The first-order valence-corrected chi connectivity index (χ1v) is 10.4. The van der Waals surface area contributed by atoms with E-state index >= 15 is 0 Å². The van der Waals surface area contributed by atoms with Gasteiger partial charge in [0.15, 0.2) is 0 Å². The maximum atomic E-state index is 13.3. The summed E-state index contributed by atoms with van der Waals surface area (Å²) in [6, 6.07) is 13.6. The van der Waals surface area contributed by atoms with E-state index in [0.717, 1.165) is 28.9 Å². The number of nitrogens with zero attached hydrogens (tertiary/aromatic N) is 2. The maximum absolute atomic E-state index is 13.3. The number of aliphatic hydroxyl groups is 1. The Kier molecular flexibility index (Phi) is 5.48. The molecule has 30 heavy (non-hydrogen) atoms. The Morgan fingerprint density at radius 1 is 1.17 bits per heavy atom. The molecule has 0 saturated heterocycles. The third-order valence-electron chi connectivity index (χ3n) is 6.35. The third-order valence-corrected chi connectivity index (χ3v) is 6.35. The van der Waals surface area contributed by atoms with Crippen molar-refractivity contribution in [3.63, 3.8) is 0 Å². The highest BCUT2D eigenvalue weighted by Gasteiger charge is 2.39. The molecule has 4 rings (SSSR count). The summed E-state index contributed by atoms with van der Waals surface area (Å²) in [5.74, 6) is -0.00247. The van der Waals surface area contributed by atoms with Gasteiger partial charge in [-0.3, -0.25) is 0 Å². The fourth-order valence-corrected chi connectivity index (χ4v) is 4.48. The predicted octanol–water partition coefficient (Wildman–Crippen LogP) is 5.07. The number of aliphatic hydroxyl groups excluding tert-OH is 1. The minimum absolute atomic E-state index is 0.271. The minimum atomic E-state index is -0.550. The second-order valence-corrected chi connectivity index (χ2v) is 8.24. The molecule has 1 aliphatic carbocycles. The molecular formula is C25H27FN2O2. The largest absolute Gasteiger partial charge is 0.508 e. The Hall–Kier alpha value is -2.92. The first kappa shape index (κ1) is 20.4. The van der Waals surface area contributed by atoms with Crippen molar-refractivity contribution in [3.8, 4) is 11.4 Å². The van der Waals surface area contributed by atoms with Gasteiger partial charge in [-0.2, -0.15) is 5.10 Å². The molecule has 1 aromatic heterocycles. The van der Waals surface area contributed by atoms with Crippen molar-refractivity contribution in [2.24, 2.45) is 5.41 Å². The number of fused-ring (bicyclic) bond motifs is 1. The lowest BCUT2D eigenvalue weighted by Gasteiger charge is -2.39. The summed E-state index contributed by atoms with van der Waals surface area (Å²) in [6.07, 6.45) is 6.09. The molecule has 0 bridgehead atoms. The lowest BCUT2D eigenvalue weighted by molar-refractivity contribution is 0.0530. The molecule has 0 spiro atoms. The molecule has 0 saturated carbocycles. The predicted molar refractivity (Wildman–Crippen MR) is 116 cm³/mol. The van der Waals surface area contributed by atoms with E-state index in [1.54, 1.807) is 24.3 Å². The highest BCUT2D eigenvalue weighted by molar-refractivity contribution is 5.61. The first-order chi connectivity index (χ1) is 14.4. The smallest absolute Gasteiger partial charge is 0.123 e. The summed E-state index contributed by atoms with van der Waals surface area (Å²) in [7, 11) is 0. The number of aromatic nitrogens is 2. The fraction of sp³-hybridized carbons (Fsp3) is 0.320. The van der Waals surface area contributed by atoms with Crippen LogP contribution in [-0.4, -0.2) is 26.1 Å². The number of halogens is 1. The van der Waals surface area contributed by atoms with Gasteiger partial charge in [-0.05, 0) is 73.2 Å². The summed E-state index contributed by atoms with van der Waals surface area (Å²) in [4.78, 5) is 0. The van der Waals surface area contributed by atoms with Gasteiger partial charge in [0.2, 0.25) is 0 Å². The van der Waals surface area contributed by atoms with Gasteiger partial charge in [0, 0.05) is 5.41 Å². The average Bonchev–Trinajstić information content (AvgIpc) is 3.15. The molecule has 4 nitrogen and oxygen atoms in total. The van der Waals surface area contributed by atoms with Gasteiger partial charge in [-0.1, -0.05) is 37.6 Å². The first-order valence-electron chi connectivity index (χ1n) is 10.4. The molecule has 0 amide bonds. The second-order valence-electron chi connectivity index (χ2n) is 8.24. The van der Waals surface area contributed by atoms with E-state index in [2.05, 4.69) is 25.0 Å². The quantitative estimate of drug-likeness (QED) is 0.601. The standard InChI is InChI=1S/C25H27FN2O2/c1-3-19-14-22-18(16-27-28(22)21-11-9-20(26)10-12-21)15-25(19,2)24(30)13-8-17-6-4-5-7-23(17)29/h4-7,9-12,14,16,24,29-30H,3,8,13,15H2,1-2H3/t24-,25?/m0/s1. The normalized spacial score (nSPS) is 19.3. The van der Waals surface area contributed by atoms with Gasteiger partial charge >= 0.3 is 0 Å². The second kappa shape index (κ2) is 8.07. The van der Waals surface area contributed by atoms with Crippen LogP contribution >= 0.6 is 0 Å². The topological polar surface area (TPSA) is 58.3 Å². The summed E-state index contributed by atoms with van der Waals surface area (Å²) in [5.41, 5.74) is 4.49. The van der Waals surface area contributed by atoms with Gasteiger partial charge in [0.05, 0.1) is 23.7 Å². The Bertz CT molecular complexity index is 1070. The van der Waals surface area contributed by atoms with Crippen molar-refractivity contribution in [2.75, 3.05) is 0 Å². The van der Waals surface area contributed by atoms with Gasteiger partial charge < -0.3 is 10.2 Å². The van der Waals surface area contributed by atoms with Crippen LogP contribution in [0.1, 0.15) is 43.5 Å². The summed E-state index contributed by atoms with van der Waals surface area (Å²) < 4.78 is 15.1. The molecule has 1 unspecified atom stereocenters. The third kappa shape index (κ3) is 3.65. The van der Waals surface area contributed by atoms with Crippen molar-refractivity contribution in [1.82, 2.24) is 9.78 Å². The average molecular weight is 407 g/mol.